The number of hydrazine groups is 1. The molecule has 0 aliphatic heterocycles. The van der Waals surface area contributed by atoms with Crippen LogP contribution in [-0.2, 0) is 14.3 Å². The number of esters is 1. The van der Waals surface area contributed by atoms with Gasteiger partial charge in [0.2, 0.25) is 0 Å². The van der Waals surface area contributed by atoms with Crippen molar-refractivity contribution in [3.8, 4) is 0 Å². The second-order valence-corrected chi connectivity index (χ2v) is 2.23. The largest absolute Gasteiger partial charge is 0.468 e. The molecule has 0 aliphatic rings. The summed E-state index contributed by atoms with van der Waals surface area (Å²) in [6, 6.07) is -0.742. The molecule has 0 spiro atoms. The van der Waals surface area contributed by atoms with Gasteiger partial charge in [-0.25, -0.2) is 20.4 Å². The van der Waals surface area contributed by atoms with E-state index < -0.39 is 18.1 Å². The van der Waals surface area contributed by atoms with Crippen molar-refractivity contribution < 1.29 is 23.9 Å². The summed E-state index contributed by atoms with van der Waals surface area (Å²) in [6.45, 7) is 1.53. The zero-order chi connectivity index (χ0) is 11.7. The first-order valence-corrected chi connectivity index (χ1v) is 4.13. The zero-order valence-electron chi connectivity index (χ0n) is 8.46. The molecule has 8 heteroatoms. The van der Waals surface area contributed by atoms with E-state index in [1.807, 2.05) is 10.9 Å². The van der Waals surface area contributed by atoms with Gasteiger partial charge in [-0.1, -0.05) is 0 Å². The Kier molecular flexibility index (Phi) is 6.43. The highest BCUT2D eigenvalue weighted by molar-refractivity contribution is 5.82. The summed E-state index contributed by atoms with van der Waals surface area (Å²) in [5.74, 6) is -0.596. The van der Waals surface area contributed by atoms with Crippen molar-refractivity contribution in [1.82, 2.24) is 16.2 Å². The first-order valence-electron chi connectivity index (χ1n) is 4.13. The molecule has 0 aromatic heterocycles. The van der Waals surface area contributed by atoms with E-state index in [2.05, 4.69) is 14.8 Å². The van der Waals surface area contributed by atoms with Crippen LogP contribution >= 0.6 is 0 Å². The lowest BCUT2D eigenvalue weighted by atomic mass is 10.6. The number of nitrogens with one attached hydrogen (secondary N) is 3. The summed E-state index contributed by atoms with van der Waals surface area (Å²) >= 11 is 0. The van der Waals surface area contributed by atoms with E-state index in [1.165, 1.54) is 7.11 Å². The molecule has 0 unspecified atom stereocenters. The fourth-order valence-corrected chi connectivity index (χ4v) is 0.544. The second kappa shape index (κ2) is 7.42. The molecule has 0 aliphatic carbocycles. The molecule has 3 amide bonds. The predicted molar refractivity (Wildman–Crippen MR) is 48.7 cm³/mol. The van der Waals surface area contributed by atoms with Crippen molar-refractivity contribution in [1.29, 1.82) is 0 Å². The average Bonchev–Trinajstić information content (AvgIpc) is 2.23. The number of methoxy groups -OCH3 is 1. The summed E-state index contributed by atoms with van der Waals surface area (Å²) in [6.07, 6.45) is -0.786. The van der Waals surface area contributed by atoms with Crippen molar-refractivity contribution in [3.63, 3.8) is 0 Å². The molecule has 0 saturated heterocycles. The van der Waals surface area contributed by atoms with E-state index in [0.717, 1.165) is 0 Å². The number of amides is 3. The molecule has 15 heavy (non-hydrogen) atoms. The molecule has 0 heterocycles. The molecule has 0 aromatic carbocycles. The molecule has 0 rings (SSSR count). The van der Waals surface area contributed by atoms with Crippen LogP contribution in [-0.4, -0.2) is 38.4 Å². The minimum Gasteiger partial charge on any atom is -0.468 e. The predicted octanol–water partition coefficient (Wildman–Crippen LogP) is -0.880. The van der Waals surface area contributed by atoms with Crippen molar-refractivity contribution in [2.24, 2.45) is 0 Å². The van der Waals surface area contributed by atoms with Gasteiger partial charge in [-0.2, -0.15) is 0 Å². The monoisotopic (exact) mass is 219 g/mol. The van der Waals surface area contributed by atoms with Gasteiger partial charge in [-0.15, -0.1) is 0 Å². The molecule has 0 fully saturated rings. The summed E-state index contributed by atoms with van der Waals surface area (Å²) in [7, 11) is 1.19. The van der Waals surface area contributed by atoms with Crippen LogP contribution in [0.2, 0.25) is 0 Å². The van der Waals surface area contributed by atoms with E-state index >= 15 is 0 Å². The third-order valence-corrected chi connectivity index (χ3v) is 1.17. The number of hydrogen-bond donors (Lipinski definition) is 3. The minimum atomic E-state index is -0.786. The topological polar surface area (TPSA) is 106 Å². The SMILES string of the molecule is CCOC(=O)NNC(=O)NCC(=O)OC. The Balaban J connectivity index is 3.57. The molecule has 0 aromatic rings. The Morgan fingerprint density at radius 1 is 1.20 bits per heavy atom. The van der Waals surface area contributed by atoms with Crippen molar-refractivity contribution in [3.05, 3.63) is 0 Å². The van der Waals surface area contributed by atoms with Crippen LogP contribution in [0.3, 0.4) is 0 Å². The maximum absolute atomic E-state index is 10.9. The van der Waals surface area contributed by atoms with Gasteiger partial charge in [0.15, 0.2) is 0 Å². The highest BCUT2D eigenvalue weighted by Gasteiger charge is 2.05. The van der Waals surface area contributed by atoms with Crippen LogP contribution in [0.4, 0.5) is 9.59 Å². The maximum atomic E-state index is 10.9. The van der Waals surface area contributed by atoms with E-state index in [1.54, 1.807) is 6.92 Å². The number of ether oxygens (including phenoxy) is 2. The second-order valence-electron chi connectivity index (χ2n) is 2.23. The van der Waals surface area contributed by atoms with E-state index in [4.69, 9.17) is 0 Å². The Hall–Kier alpha value is -1.99. The lowest BCUT2D eigenvalue weighted by Crippen LogP contribution is -2.48. The number of urea groups is 1. The van der Waals surface area contributed by atoms with Crippen LogP contribution in [0.1, 0.15) is 6.92 Å². The Labute approximate surface area is 86.3 Å². The van der Waals surface area contributed by atoms with Gasteiger partial charge >= 0.3 is 18.1 Å². The molecule has 0 atom stereocenters. The first-order chi connectivity index (χ1) is 7.10. The summed E-state index contributed by atoms with van der Waals surface area (Å²) in [4.78, 5) is 32.1. The Morgan fingerprint density at radius 3 is 2.40 bits per heavy atom. The van der Waals surface area contributed by atoms with Crippen LogP contribution in [0.25, 0.3) is 0 Å². The van der Waals surface area contributed by atoms with Crippen LogP contribution in [0.15, 0.2) is 0 Å². The number of carbonyl (C=O) groups is 3. The quantitative estimate of drug-likeness (QED) is 0.422. The van der Waals surface area contributed by atoms with Crippen molar-refractivity contribution in [2.75, 3.05) is 20.3 Å². The average molecular weight is 219 g/mol. The highest BCUT2D eigenvalue weighted by Crippen LogP contribution is 1.73. The van der Waals surface area contributed by atoms with E-state index in [9.17, 15) is 14.4 Å². The normalized spacial score (nSPS) is 8.67. The van der Waals surface area contributed by atoms with Crippen LogP contribution < -0.4 is 16.2 Å². The van der Waals surface area contributed by atoms with E-state index in [-0.39, 0.29) is 13.2 Å². The molecule has 0 radical (unpaired) electrons. The molecule has 86 valence electrons. The highest BCUT2D eigenvalue weighted by atomic mass is 16.6. The standard InChI is InChI=1S/C7H13N3O5/c1-3-15-7(13)10-9-6(12)8-4-5(11)14-2/h3-4H2,1-2H3,(H,10,13)(H2,8,9,12). The third kappa shape index (κ3) is 7.11. The molecular formula is C7H13N3O5. The molecule has 8 nitrogen and oxygen atoms in total. The summed E-state index contributed by atoms with van der Waals surface area (Å²) < 4.78 is 8.73. The first kappa shape index (κ1) is 13.0. The molecular weight excluding hydrogens is 206 g/mol. The van der Waals surface area contributed by atoms with Gasteiger partial charge in [0.25, 0.3) is 0 Å². The number of hydrogen-bond acceptors (Lipinski definition) is 5. The fourth-order valence-electron chi connectivity index (χ4n) is 0.544. The molecule has 3 N–H and O–H groups in total. The summed E-state index contributed by atoms with van der Waals surface area (Å²) in [5.41, 5.74) is 3.91. The summed E-state index contributed by atoms with van der Waals surface area (Å²) in [5, 5.41) is 2.14. The zero-order valence-corrected chi connectivity index (χ0v) is 8.46. The van der Waals surface area contributed by atoms with Crippen molar-refractivity contribution >= 4 is 18.1 Å². The Morgan fingerprint density at radius 2 is 1.87 bits per heavy atom. The Bertz CT molecular complexity index is 243. The van der Waals surface area contributed by atoms with Crippen LogP contribution in [0, 0.1) is 0 Å². The fraction of sp³-hybridized carbons (Fsp3) is 0.571. The lowest BCUT2D eigenvalue weighted by Gasteiger charge is -2.07. The number of carbonyl (C=O) groups excluding carboxylic acids is 3. The van der Waals surface area contributed by atoms with Gasteiger partial charge < -0.3 is 14.8 Å². The minimum absolute atomic E-state index is 0.192. The number of rotatable bonds is 3. The van der Waals surface area contributed by atoms with Gasteiger partial charge in [0, 0.05) is 0 Å². The van der Waals surface area contributed by atoms with Crippen LogP contribution in [0.5, 0.6) is 0 Å². The van der Waals surface area contributed by atoms with Gasteiger partial charge in [0.1, 0.15) is 6.54 Å². The lowest BCUT2D eigenvalue weighted by molar-refractivity contribution is -0.139. The maximum Gasteiger partial charge on any atom is 0.426 e. The van der Waals surface area contributed by atoms with Gasteiger partial charge in [-0.3, -0.25) is 4.79 Å². The van der Waals surface area contributed by atoms with E-state index in [0.29, 0.717) is 0 Å². The van der Waals surface area contributed by atoms with Gasteiger partial charge in [-0.05, 0) is 6.92 Å². The van der Waals surface area contributed by atoms with Crippen molar-refractivity contribution in [2.45, 2.75) is 6.92 Å². The smallest absolute Gasteiger partial charge is 0.426 e. The molecule has 0 saturated carbocycles. The third-order valence-electron chi connectivity index (χ3n) is 1.17. The van der Waals surface area contributed by atoms with Gasteiger partial charge in [0.05, 0.1) is 13.7 Å². The molecule has 0 bridgehead atoms.